The average molecular weight is 678 g/mol. The van der Waals surface area contributed by atoms with Crippen LogP contribution in [0.15, 0.2) is 192 Å². The lowest BCUT2D eigenvalue weighted by Gasteiger charge is -2.11. The Morgan fingerprint density at radius 2 is 0.811 bits per heavy atom. The highest BCUT2D eigenvalue weighted by molar-refractivity contribution is 6.21. The first-order valence-electron chi connectivity index (χ1n) is 17.8. The molecule has 0 atom stereocenters. The van der Waals surface area contributed by atoms with Crippen molar-refractivity contribution in [2.45, 2.75) is 0 Å². The lowest BCUT2D eigenvalue weighted by molar-refractivity contribution is 0.673. The highest BCUT2D eigenvalue weighted by atomic mass is 16.3. The molecule has 0 spiro atoms. The van der Waals surface area contributed by atoms with E-state index in [1.54, 1.807) is 0 Å². The number of hydrogen-bond donors (Lipinski definition) is 0. The van der Waals surface area contributed by atoms with Crippen LogP contribution in [0.1, 0.15) is 0 Å². The summed E-state index contributed by atoms with van der Waals surface area (Å²) in [5.74, 6) is 1.93. The lowest BCUT2D eigenvalue weighted by Crippen LogP contribution is -2.00. The number of fused-ring (bicyclic) bond motifs is 5. The molecular formula is C49H31N3O. The fourth-order valence-corrected chi connectivity index (χ4v) is 7.27. The number of aromatic nitrogens is 3. The highest BCUT2D eigenvalue weighted by Gasteiger charge is 2.18. The van der Waals surface area contributed by atoms with E-state index in [4.69, 9.17) is 19.4 Å². The van der Waals surface area contributed by atoms with E-state index in [0.717, 1.165) is 71.7 Å². The Morgan fingerprint density at radius 1 is 0.321 bits per heavy atom. The molecule has 4 heteroatoms. The summed E-state index contributed by atoms with van der Waals surface area (Å²) >= 11 is 0. The van der Waals surface area contributed by atoms with Crippen molar-refractivity contribution >= 4 is 32.7 Å². The summed E-state index contributed by atoms with van der Waals surface area (Å²) in [5.41, 5.74) is 11.5. The molecule has 0 fully saturated rings. The molecule has 0 amide bonds. The van der Waals surface area contributed by atoms with Crippen molar-refractivity contribution in [1.82, 2.24) is 15.0 Å². The van der Waals surface area contributed by atoms with Crippen LogP contribution in [0.4, 0.5) is 0 Å². The van der Waals surface area contributed by atoms with Gasteiger partial charge in [-0.3, -0.25) is 0 Å². The SMILES string of the molecule is c1ccc(-c2ccc3c(c2)cc(-c2ccc(-c4cccc(-c5nc(-c6ccccc6)nc(-c6ccccc6)n5)c4)cc2)c2c4ccccc4oc32)cc1. The van der Waals surface area contributed by atoms with Crippen LogP contribution in [-0.2, 0) is 0 Å². The maximum Gasteiger partial charge on any atom is 0.164 e. The molecule has 0 saturated carbocycles. The van der Waals surface area contributed by atoms with Crippen LogP contribution in [0.25, 0.3) is 100 Å². The van der Waals surface area contributed by atoms with Gasteiger partial charge in [0.1, 0.15) is 11.2 Å². The van der Waals surface area contributed by atoms with Gasteiger partial charge in [-0.05, 0) is 69.1 Å². The Labute approximate surface area is 306 Å². The van der Waals surface area contributed by atoms with Gasteiger partial charge in [0.15, 0.2) is 17.5 Å². The molecule has 0 bridgehead atoms. The molecule has 8 aromatic carbocycles. The zero-order chi connectivity index (χ0) is 35.1. The Kier molecular flexibility index (Phi) is 7.43. The first-order valence-corrected chi connectivity index (χ1v) is 17.8. The molecule has 0 saturated heterocycles. The highest BCUT2D eigenvalue weighted by Crippen LogP contribution is 2.42. The molecule has 0 N–H and O–H groups in total. The van der Waals surface area contributed by atoms with Crippen molar-refractivity contribution in [3.8, 4) is 67.5 Å². The number of rotatable bonds is 6. The van der Waals surface area contributed by atoms with Crippen molar-refractivity contribution in [3.63, 3.8) is 0 Å². The Balaban J connectivity index is 1.07. The van der Waals surface area contributed by atoms with Crippen molar-refractivity contribution < 1.29 is 4.42 Å². The zero-order valence-corrected chi connectivity index (χ0v) is 28.6. The van der Waals surface area contributed by atoms with Crippen molar-refractivity contribution in [1.29, 1.82) is 0 Å². The Morgan fingerprint density at radius 3 is 1.49 bits per heavy atom. The fraction of sp³-hybridized carbons (Fsp3) is 0. The maximum atomic E-state index is 6.58. The number of furan rings is 1. The summed E-state index contributed by atoms with van der Waals surface area (Å²) in [4.78, 5) is 14.8. The summed E-state index contributed by atoms with van der Waals surface area (Å²) in [6.45, 7) is 0. The molecule has 4 nitrogen and oxygen atoms in total. The van der Waals surface area contributed by atoms with Crippen LogP contribution in [0, 0.1) is 0 Å². The minimum absolute atomic E-state index is 0.636. The lowest BCUT2D eigenvalue weighted by atomic mass is 9.92. The summed E-state index contributed by atoms with van der Waals surface area (Å²) < 4.78 is 6.58. The molecule has 53 heavy (non-hydrogen) atoms. The summed E-state index contributed by atoms with van der Waals surface area (Å²) in [6.07, 6.45) is 0. The molecule has 2 heterocycles. The molecule has 0 aliphatic rings. The van der Waals surface area contributed by atoms with Crippen LogP contribution in [-0.4, -0.2) is 15.0 Å². The fourth-order valence-electron chi connectivity index (χ4n) is 7.27. The largest absolute Gasteiger partial charge is 0.455 e. The molecule has 0 unspecified atom stereocenters. The molecular weight excluding hydrogens is 647 g/mol. The normalized spacial score (nSPS) is 11.4. The van der Waals surface area contributed by atoms with Crippen LogP contribution in [0.2, 0.25) is 0 Å². The minimum Gasteiger partial charge on any atom is -0.455 e. The number of benzene rings is 8. The van der Waals surface area contributed by atoms with Gasteiger partial charge in [-0.25, -0.2) is 15.0 Å². The van der Waals surface area contributed by atoms with E-state index in [1.807, 2.05) is 66.7 Å². The average Bonchev–Trinajstić information content (AvgIpc) is 3.64. The first kappa shape index (κ1) is 30.6. The van der Waals surface area contributed by atoms with Gasteiger partial charge in [0.25, 0.3) is 0 Å². The molecule has 10 rings (SSSR count). The van der Waals surface area contributed by atoms with Crippen LogP contribution in [0.5, 0.6) is 0 Å². The van der Waals surface area contributed by atoms with Gasteiger partial charge in [-0.2, -0.15) is 0 Å². The van der Waals surface area contributed by atoms with E-state index in [-0.39, 0.29) is 0 Å². The summed E-state index contributed by atoms with van der Waals surface area (Å²) in [7, 11) is 0. The van der Waals surface area contributed by atoms with Crippen molar-refractivity contribution in [2.75, 3.05) is 0 Å². The maximum absolute atomic E-state index is 6.58. The molecule has 248 valence electrons. The van der Waals surface area contributed by atoms with E-state index in [1.165, 1.54) is 11.1 Å². The predicted octanol–water partition coefficient (Wildman–Crippen LogP) is 12.9. The van der Waals surface area contributed by atoms with Gasteiger partial charge in [0.2, 0.25) is 0 Å². The topological polar surface area (TPSA) is 51.8 Å². The van der Waals surface area contributed by atoms with E-state index >= 15 is 0 Å². The van der Waals surface area contributed by atoms with E-state index in [9.17, 15) is 0 Å². The second-order valence-electron chi connectivity index (χ2n) is 13.2. The van der Waals surface area contributed by atoms with E-state index in [2.05, 4.69) is 121 Å². The zero-order valence-electron chi connectivity index (χ0n) is 28.6. The number of hydrogen-bond acceptors (Lipinski definition) is 4. The van der Waals surface area contributed by atoms with E-state index in [0.29, 0.717) is 17.5 Å². The van der Waals surface area contributed by atoms with Crippen molar-refractivity contribution in [2.24, 2.45) is 0 Å². The van der Waals surface area contributed by atoms with Crippen LogP contribution >= 0.6 is 0 Å². The summed E-state index contributed by atoms with van der Waals surface area (Å²) in [6, 6.07) is 65.2. The first-order chi connectivity index (χ1) is 26.2. The monoisotopic (exact) mass is 677 g/mol. The van der Waals surface area contributed by atoms with Gasteiger partial charge in [-0.15, -0.1) is 0 Å². The van der Waals surface area contributed by atoms with Gasteiger partial charge < -0.3 is 4.42 Å². The number of para-hydroxylation sites is 1. The van der Waals surface area contributed by atoms with Gasteiger partial charge >= 0.3 is 0 Å². The third-order valence-electron chi connectivity index (χ3n) is 9.92. The van der Waals surface area contributed by atoms with Gasteiger partial charge in [-0.1, -0.05) is 158 Å². The quantitative estimate of drug-likeness (QED) is 0.176. The third kappa shape index (κ3) is 5.63. The Hall–Kier alpha value is -7.17. The second kappa shape index (κ2) is 12.9. The van der Waals surface area contributed by atoms with Crippen LogP contribution in [0.3, 0.4) is 0 Å². The van der Waals surface area contributed by atoms with Crippen molar-refractivity contribution in [3.05, 3.63) is 188 Å². The Bertz CT molecular complexity index is 2860. The smallest absolute Gasteiger partial charge is 0.164 e. The third-order valence-corrected chi connectivity index (χ3v) is 9.92. The van der Waals surface area contributed by atoms with Crippen LogP contribution < -0.4 is 0 Å². The number of nitrogens with zero attached hydrogens (tertiary/aromatic N) is 3. The molecule has 2 aromatic heterocycles. The van der Waals surface area contributed by atoms with E-state index < -0.39 is 0 Å². The molecule has 0 aliphatic heterocycles. The molecule has 0 radical (unpaired) electrons. The van der Waals surface area contributed by atoms with Gasteiger partial charge in [0.05, 0.1) is 0 Å². The summed E-state index contributed by atoms with van der Waals surface area (Å²) in [5, 5.41) is 4.50. The second-order valence-corrected chi connectivity index (χ2v) is 13.2. The standard InChI is InChI=1S/C49H31N3O/c1-4-13-32(14-5-1)38-27-28-41-40(30-38)31-43(45-42-21-10-11-22-44(42)53-46(41)45)34-25-23-33(24-26-34)37-19-12-20-39(29-37)49-51-47(35-15-6-2-7-16-35)50-48(52-49)36-17-8-3-9-18-36/h1-31H. The minimum atomic E-state index is 0.636. The molecule has 0 aliphatic carbocycles. The molecule has 10 aromatic rings. The predicted molar refractivity (Wildman–Crippen MR) is 217 cm³/mol. The van der Waals surface area contributed by atoms with Gasteiger partial charge in [0, 0.05) is 32.8 Å².